The molecule has 1 aliphatic heterocycles. The van der Waals surface area contributed by atoms with Gasteiger partial charge in [0, 0.05) is 35.0 Å². The van der Waals surface area contributed by atoms with Crippen LogP contribution in [0.1, 0.15) is 0 Å². The molecule has 0 atom stereocenters. The number of anilines is 3. The first-order valence-corrected chi connectivity index (χ1v) is 9.58. The van der Waals surface area contributed by atoms with Gasteiger partial charge >= 0.3 is 0 Å². The monoisotopic (exact) mass is 357 g/mol. The number of morpholine rings is 1. The summed E-state index contributed by atoms with van der Waals surface area (Å²) in [5.74, 6) is -0.0602. The van der Waals surface area contributed by atoms with Crippen molar-refractivity contribution in [3.05, 3.63) is 48.5 Å². The number of benzene rings is 2. The van der Waals surface area contributed by atoms with Gasteiger partial charge < -0.3 is 20.3 Å². The number of amides is 1. The van der Waals surface area contributed by atoms with E-state index in [1.807, 2.05) is 54.8 Å². The Balaban J connectivity index is 1.52. The Morgan fingerprint density at radius 1 is 1.12 bits per heavy atom. The quantitative estimate of drug-likeness (QED) is 0.777. The van der Waals surface area contributed by atoms with Gasteiger partial charge in [0.25, 0.3) is 0 Å². The molecule has 1 saturated heterocycles. The molecule has 0 aliphatic carbocycles. The number of carbonyl (C=O) groups excluding carboxylic acids is 1. The summed E-state index contributed by atoms with van der Waals surface area (Å²) in [6.45, 7) is 3.58. The van der Waals surface area contributed by atoms with E-state index in [4.69, 9.17) is 4.74 Å². The first-order valence-electron chi connectivity index (χ1n) is 8.36. The molecule has 6 heteroatoms. The zero-order chi connectivity index (χ0) is 17.5. The van der Waals surface area contributed by atoms with Crippen LogP contribution in [-0.4, -0.2) is 45.0 Å². The van der Waals surface area contributed by atoms with E-state index < -0.39 is 0 Å². The Bertz CT molecular complexity index is 700. The fourth-order valence-corrected chi connectivity index (χ4v) is 3.32. The zero-order valence-corrected chi connectivity index (χ0v) is 15.1. The molecular weight excluding hydrogens is 334 g/mol. The molecule has 2 aromatic carbocycles. The molecule has 1 fully saturated rings. The van der Waals surface area contributed by atoms with Crippen LogP contribution >= 0.6 is 11.8 Å². The Hall–Kier alpha value is -2.18. The minimum absolute atomic E-state index is 0.0602. The fourth-order valence-electron chi connectivity index (χ4n) is 2.75. The highest BCUT2D eigenvalue weighted by Gasteiger charge is 2.11. The average Bonchev–Trinajstić information content (AvgIpc) is 2.68. The van der Waals surface area contributed by atoms with E-state index in [1.165, 1.54) is 0 Å². The van der Waals surface area contributed by atoms with Gasteiger partial charge in [0.2, 0.25) is 5.91 Å². The van der Waals surface area contributed by atoms with Crippen LogP contribution in [0, 0.1) is 0 Å². The van der Waals surface area contributed by atoms with Gasteiger partial charge in [-0.3, -0.25) is 4.79 Å². The predicted octanol–water partition coefficient (Wildman–Crippen LogP) is 3.30. The molecule has 3 rings (SSSR count). The number of carbonyl (C=O) groups is 1. The van der Waals surface area contributed by atoms with Gasteiger partial charge in [-0.05, 0) is 42.7 Å². The number of nitrogens with zero attached hydrogens (tertiary/aromatic N) is 1. The van der Waals surface area contributed by atoms with Gasteiger partial charge in [0.1, 0.15) is 0 Å². The molecule has 132 valence electrons. The number of ether oxygens (including phenoxy) is 1. The highest BCUT2D eigenvalue weighted by atomic mass is 32.2. The predicted molar refractivity (Wildman–Crippen MR) is 105 cm³/mol. The highest BCUT2D eigenvalue weighted by molar-refractivity contribution is 7.98. The van der Waals surface area contributed by atoms with Crippen molar-refractivity contribution in [2.45, 2.75) is 4.90 Å². The Morgan fingerprint density at radius 3 is 2.56 bits per heavy atom. The standard InChI is InChI=1S/C19H23N3O2S/c1-25-18-5-3-2-4-17(18)20-14-19(23)21-15-6-8-16(9-7-15)22-10-12-24-13-11-22/h2-9,20H,10-14H2,1H3,(H,21,23). The molecule has 0 saturated carbocycles. The summed E-state index contributed by atoms with van der Waals surface area (Å²) in [4.78, 5) is 15.6. The summed E-state index contributed by atoms with van der Waals surface area (Å²) in [5, 5.41) is 6.12. The Labute approximate surface area is 152 Å². The smallest absolute Gasteiger partial charge is 0.243 e. The van der Waals surface area contributed by atoms with Gasteiger partial charge in [-0.15, -0.1) is 11.8 Å². The second kappa shape index (κ2) is 8.78. The lowest BCUT2D eigenvalue weighted by Crippen LogP contribution is -2.36. The van der Waals surface area contributed by atoms with Crippen molar-refractivity contribution < 1.29 is 9.53 Å². The minimum Gasteiger partial charge on any atom is -0.378 e. The number of thioether (sulfide) groups is 1. The van der Waals surface area contributed by atoms with Crippen molar-refractivity contribution in [3.8, 4) is 0 Å². The molecular formula is C19H23N3O2S. The van der Waals surface area contributed by atoms with Crippen molar-refractivity contribution >= 4 is 34.7 Å². The maximum Gasteiger partial charge on any atom is 0.243 e. The molecule has 25 heavy (non-hydrogen) atoms. The van der Waals surface area contributed by atoms with E-state index in [2.05, 4.69) is 15.5 Å². The molecule has 1 aliphatic rings. The Kier molecular flexibility index (Phi) is 6.19. The van der Waals surface area contributed by atoms with E-state index in [9.17, 15) is 4.79 Å². The minimum atomic E-state index is -0.0602. The van der Waals surface area contributed by atoms with Crippen LogP contribution in [0.3, 0.4) is 0 Å². The van der Waals surface area contributed by atoms with Crippen LogP contribution < -0.4 is 15.5 Å². The van der Waals surface area contributed by atoms with Gasteiger partial charge in [-0.2, -0.15) is 0 Å². The molecule has 2 N–H and O–H groups in total. The molecule has 1 amide bonds. The van der Waals surface area contributed by atoms with Crippen molar-refractivity contribution in [3.63, 3.8) is 0 Å². The maximum atomic E-state index is 12.2. The van der Waals surface area contributed by atoms with E-state index in [-0.39, 0.29) is 12.5 Å². The number of hydrogen-bond acceptors (Lipinski definition) is 5. The third-order valence-corrected chi connectivity index (χ3v) is 4.87. The lowest BCUT2D eigenvalue weighted by atomic mass is 10.2. The molecule has 5 nitrogen and oxygen atoms in total. The Morgan fingerprint density at radius 2 is 1.84 bits per heavy atom. The summed E-state index contributed by atoms with van der Waals surface area (Å²) in [7, 11) is 0. The molecule has 1 heterocycles. The first kappa shape index (κ1) is 17.6. The van der Waals surface area contributed by atoms with Crippen LogP contribution in [0.25, 0.3) is 0 Å². The van der Waals surface area contributed by atoms with Gasteiger partial charge in [-0.1, -0.05) is 12.1 Å². The largest absolute Gasteiger partial charge is 0.378 e. The molecule has 0 bridgehead atoms. The topological polar surface area (TPSA) is 53.6 Å². The molecule has 0 unspecified atom stereocenters. The second-order valence-corrected chi connectivity index (χ2v) is 6.60. The van der Waals surface area contributed by atoms with Crippen molar-refractivity contribution in [2.24, 2.45) is 0 Å². The van der Waals surface area contributed by atoms with Gasteiger partial charge in [0.15, 0.2) is 0 Å². The van der Waals surface area contributed by atoms with Crippen LogP contribution in [0.4, 0.5) is 17.1 Å². The number of rotatable bonds is 6. The third-order valence-electron chi connectivity index (χ3n) is 4.07. The number of hydrogen-bond donors (Lipinski definition) is 2. The SMILES string of the molecule is CSc1ccccc1NCC(=O)Nc1ccc(N2CCOCC2)cc1. The lowest BCUT2D eigenvalue weighted by Gasteiger charge is -2.28. The highest BCUT2D eigenvalue weighted by Crippen LogP contribution is 2.24. The number of para-hydroxylation sites is 1. The maximum absolute atomic E-state index is 12.2. The molecule has 0 spiro atoms. The van der Waals surface area contributed by atoms with Crippen molar-refractivity contribution in [1.82, 2.24) is 0 Å². The third kappa shape index (κ3) is 4.90. The van der Waals surface area contributed by atoms with Crippen molar-refractivity contribution in [1.29, 1.82) is 0 Å². The van der Waals surface area contributed by atoms with Crippen LogP contribution in [0.15, 0.2) is 53.4 Å². The fraction of sp³-hybridized carbons (Fsp3) is 0.316. The van der Waals surface area contributed by atoms with E-state index in [0.29, 0.717) is 0 Å². The number of nitrogens with one attached hydrogen (secondary N) is 2. The first-order chi connectivity index (χ1) is 12.3. The summed E-state index contributed by atoms with van der Waals surface area (Å²) in [5.41, 5.74) is 2.95. The van der Waals surface area contributed by atoms with Crippen molar-refractivity contribution in [2.75, 3.05) is 54.6 Å². The van der Waals surface area contributed by atoms with Crippen LogP contribution in [-0.2, 0) is 9.53 Å². The zero-order valence-electron chi connectivity index (χ0n) is 14.3. The normalized spacial score (nSPS) is 14.2. The summed E-state index contributed by atoms with van der Waals surface area (Å²) < 4.78 is 5.37. The van der Waals surface area contributed by atoms with Crippen LogP contribution in [0.2, 0.25) is 0 Å². The van der Waals surface area contributed by atoms with E-state index in [1.54, 1.807) is 11.8 Å². The average molecular weight is 357 g/mol. The summed E-state index contributed by atoms with van der Waals surface area (Å²) in [6.07, 6.45) is 2.02. The molecule has 0 aromatic heterocycles. The molecule has 0 radical (unpaired) electrons. The van der Waals surface area contributed by atoms with Crippen LogP contribution in [0.5, 0.6) is 0 Å². The van der Waals surface area contributed by atoms with Gasteiger partial charge in [0.05, 0.1) is 19.8 Å². The lowest BCUT2D eigenvalue weighted by molar-refractivity contribution is -0.114. The van der Waals surface area contributed by atoms with E-state index in [0.717, 1.165) is 48.3 Å². The van der Waals surface area contributed by atoms with Gasteiger partial charge in [-0.25, -0.2) is 0 Å². The summed E-state index contributed by atoms with van der Waals surface area (Å²) >= 11 is 1.66. The van der Waals surface area contributed by atoms with E-state index >= 15 is 0 Å². The molecule has 2 aromatic rings. The second-order valence-electron chi connectivity index (χ2n) is 5.75. The summed E-state index contributed by atoms with van der Waals surface area (Å²) in [6, 6.07) is 15.9.